The van der Waals surface area contributed by atoms with Crippen LogP contribution < -0.4 is 0 Å². The van der Waals surface area contributed by atoms with Crippen molar-refractivity contribution in [2.45, 2.75) is 43.0 Å². The summed E-state index contributed by atoms with van der Waals surface area (Å²) in [6.45, 7) is 2.34. The van der Waals surface area contributed by atoms with Gasteiger partial charge in [-0.15, -0.1) is 11.6 Å². The third-order valence-corrected chi connectivity index (χ3v) is 5.41. The van der Waals surface area contributed by atoms with Crippen molar-refractivity contribution in [3.8, 4) is 0 Å². The van der Waals surface area contributed by atoms with Crippen molar-refractivity contribution in [2.75, 3.05) is 6.54 Å². The predicted molar refractivity (Wildman–Crippen MR) is 73.2 cm³/mol. The number of halogens is 2. The minimum absolute atomic E-state index is 0.0315. The zero-order valence-electron chi connectivity index (χ0n) is 10.8. The van der Waals surface area contributed by atoms with Crippen LogP contribution in [0.3, 0.4) is 0 Å². The Labute approximate surface area is 118 Å². The van der Waals surface area contributed by atoms with Crippen LogP contribution in [-0.2, 0) is 15.9 Å². The van der Waals surface area contributed by atoms with Crippen LogP contribution in [0.4, 0.5) is 4.39 Å². The van der Waals surface area contributed by atoms with E-state index in [4.69, 9.17) is 11.6 Å². The highest BCUT2D eigenvalue weighted by Gasteiger charge is 2.38. The van der Waals surface area contributed by atoms with Crippen LogP contribution in [0.2, 0.25) is 0 Å². The minimum atomic E-state index is -3.76. The van der Waals surface area contributed by atoms with Crippen molar-refractivity contribution in [2.24, 2.45) is 0 Å². The number of benzene rings is 1. The standard InChI is InChI=1S/C13H17ClFNO2S/c1-2-7-16(11-4-5-11)19(17,18)13-8-10(9-14)3-6-12(13)15/h3,6,8,11H,2,4-5,7,9H2,1H3. The van der Waals surface area contributed by atoms with E-state index in [2.05, 4.69) is 0 Å². The highest BCUT2D eigenvalue weighted by atomic mass is 35.5. The summed E-state index contributed by atoms with van der Waals surface area (Å²) in [5.74, 6) is -0.546. The molecular formula is C13H17ClFNO2S. The summed E-state index contributed by atoms with van der Waals surface area (Å²) in [4.78, 5) is -0.258. The van der Waals surface area contributed by atoms with Crippen LogP contribution in [0.5, 0.6) is 0 Å². The van der Waals surface area contributed by atoms with E-state index >= 15 is 0 Å². The molecule has 2 rings (SSSR count). The molecule has 0 atom stereocenters. The second-order valence-electron chi connectivity index (χ2n) is 4.75. The molecule has 0 saturated heterocycles. The summed E-state index contributed by atoms with van der Waals surface area (Å²) in [5.41, 5.74) is 0.605. The molecule has 19 heavy (non-hydrogen) atoms. The molecule has 1 fully saturated rings. The van der Waals surface area contributed by atoms with Gasteiger partial charge in [0.2, 0.25) is 10.0 Å². The Kier molecular flexibility index (Phi) is 4.48. The van der Waals surface area contributed by atoms with E-state index in [1.807, 2.05) is 6.92 Å². The molecule has 1 aromatic rings. The molecule has 6 heteroatoms. The van der Waals surface area contributed by atoms with Gasteiger partial charge in [0.05, 0.1) is 0 Å². The van der Waals surface area contributed by atoms with Crippen LogP contribution in [0.1, 0.15) is 31.7 Å². The quantitative estimate of drug-likeness (QED) is 0.757. The third-order valence-electron chi connectivity index (χ3n) is 3.13. The maximum atomic E-state index is 13.8. The zero-order valence-corrected chi connectivity index (χ0v) is 12.3. The van der Waals surface area contributed by atoms with Crippen LogP contribution >= 0.6 is 11.6 Å². The molecule has 1 saturated carbocycles. The van der Waals surface area contributed by atoms with E-state index in [-0.39, 0.29) is 16.8 Å². The Bertz CT molecular complexity index is 558. The molecule has 0 radical (unpaired) electrons. The molecule has 106 valence electrons. The van der Waals surface area contributed by atoms with Gasteiger partial charge in [-0.05, 0) is 37.0 Å². The van der Waals surface area contributed by atoms with E-state index in [0.29, 0.717) is 18.5 Å². The number of rotatable bonds is 6. The van der Waals surface area contributed by atoms with Crippen LogP contribution in [0.25, 0.3) is 0 Å². The van der Waals surface area contributed by atoms with E-state index in [9.17, 15) is 12.8 Å². The number of nitrogens with zero attached hydrogens (tertiary/aromatic N) is 1. The molecule has 0 amide bonds. The Morgan fingerprint density at radius 1 is 1.42 bits per heavy atom. The van der Waals surface area contributed by atoms with Crippen molar-refractivity contribution in [1.82, 2.24) is 4.31 Å². The van der Waals surface area contributed by atoms with E-state index in [1.165, 1.54) is 22.5 Å². The fraction of sp³-hybridized carbons (Fsp3) is 0.538. The van der Waals surface area contributed by atoms with Gasteiger partial charge in [-0.25, -0.2) is 12.8 Å². The van der Waals surface area contributed by atoms with Gasteiger partial charge in [-0.1, -0.05) is 13.0 Å². The maximum Gasteiger partial charge on any atom is 0.246 e. The first-order valence-corrected chi connectivity index (χ1v) is 8.34. The molecule has 0 spiro atoms. The highest BCUT2D eigenvalue weighted by molar-refractivity contribution is 7.89. The largest absolute Gasteiger partial charge is 0.246 e. The van der Waals surface area contributed by atoms with Gasteiger partial charge in [0.25, 0.3) is 0 Å². The smallest absolute Gasteiger partial charge is 0.207 e. The van der Waals surface area contributed by atoms with E-state index in [1.54, 1.807) is 0 Å². The lowest BCUT2D eigenvalue weighted by Crippen LogP contribution is -2.34. The molecule has 0 unspecified atom stereocenters. The maximum absolute atomic E-state index is 13.8. The molecule has 0 N–H and O–H groups in total. The summed E-state index contributed by atoms with van der Waals surface area (Å²) in [5, 5.41) is 0. The Morgan fingerprint density at radius 3 is 2.63 bits per heavy atom. The van der Waals surface area contributed by atoms with E-state index in [0.717, 1.165) is 12.8 Å². The van der Waals surface area contributed by atoms with Gasteiger partial charge >= 0.3 is 0 Å². The molecule has 0 aliphatic heterocycles. The monoisotopic (exact) mass is 305 g/mol. The van der Waals surface area contributed by atoms with Crippen molar-refractivity contribution in [3.05, 3.63) is 29.6 Å². The zero-order chi connectivity index (χ0) is 14.0. The first-order chi connectivity index (χ1) is 9.00. The van der Waals surface area contributed by atoms with Crippen molar-refractivity contribution in [1.29, 1.82) is 0 Å². The lowest BCUT2D eigenvalue weighted by Gasteiger charge is -2.21. The van der Waals surface area contributed by atoms with Gasteiger partial charge in [0, 0.05) is 18.5 Å². The Balaban J connectivity index is 2.42. The average molecular weight is 306 g/mol. The Hall–Kier alpha value is -0.650. The summed E-state index contributed by atoms with van der Waals surface area (Å²) in [6, 6.07) is 4.04. The van der Waals surface area contributed by atoms with Crippen molar-refractivity contribution < 1.29 is 12.8 Å². The number of hydrogen-bond donors (Lipinski definition) is 0. The number of sulfonamides is 1. The van der Waals surface area contributed by atoms with Gasteiger partial charge in [-0.2, -0.15) is 4.31 Å². The molecule has 1 aromatic carbocycles. The lowest BCUT2D eigenvalue weighted by molar-refractivity contribution is 0.400. The summed E-state index contributed by atoms with van der Waals surface area (Å²) < 4.78 is 40.3. The molecular weight excluding hydrogens is 289 g/mol. The molecule has 0 bridgehead atoms. The molecule has 0 aromatic heterocycles. The summed E-state index contributed by atoms with van der Waals surface area (Å²) >= 11 is 5.69. The molecule has 1 aliphatic carbocycles. The van der Waals surface area contributed by atoms with Crippen LogP contribution in [0, 0.1) is 5.82 Å². The van der Waals surface area contributed by atoms with Crippen LogP contribution in [0.15, 0.2) is 23.1 Å². The number of alkyl halides is 1. The van der Waals surface area contributed by atoms with Gasteiger partial charge in [-0.3, -0.25) is 0 Å². The molecule has 3 nitrogen and oxygen atoms in total. The average Bonchev–Trinajstić information content (AvgIpc) is 3.20. The SMILES string of the molecule is CCCN(C1CC1)S(=O)(=O)c1cc(CCl)ccc1F. The second kappa shape index (κ2) is 5.77. The fourth-order valence-corrected chi connectivity index (χ4v) is 4.10. The highest BCUT2D eigenvalue weighted by Crippen LogP contribution is 2.33. The van der Waals surface area contributed by atoms with Crippen molar-refractivity contribution >= 4 is 21.6 Å². The van der Waals surface area contributed by atoms with Gasteiger partial charge in [0.15, 0.2) is 0 Å². The summed E-state index contributed by atoms with van der Waals surface area (Å²) in [6.07, 6.45) is 2.43. The summed E-state index contributed by atoms with van der Waals surface area (Å²) in [7, 11) is -3.76. The first-order valence-electron chi connectivity index (χ1n) is 6.37. The second-order valence-corrected chi connectivity index (χ2v) is 6.87. The third kappa shape index (κ3) is 3.09. The lowest BCUT2D eigenvalue weighted by atomic mass is 10.2. The number of hydrogen-bond acceptors (Lipinski definition) is 2. The minimum Gasteiger partial charge on any atom is -0.207 e. The van der Waals surface area contributed by atoms with Gasteiger partial charge < -0.3 is 0 Å². The predicted octanol–water partition coefficient (Wildman–Crippen LogP) is 3.13. The van der Waals surface area contributed by atoms with Crippen molar-refractivity contribution in [3.63, 3.8) is 0 Å². The topological polar surface area (TPSA) is 37.4 Å². The first kappa shape index (κ1) is 14.8. The van der Waals surface area contributed by atoms with Crippen LogP contribution in [-0.4, -0.2) is 25.3 Å². The van der Waals surface area contributed by atoms with E-state index < -0.39 is 15.8 Å². The molecule has 0 heterocycles. The Morgan fingerprint density at radius 2 is 2.11 bits per heavy atom. The molecule has 1 aliphatic rings. The normalized spacial score (nSPS) is 16.0. The fourth-order valence-electron chi connectivity index (χ4n) is 2.04. The van der Waals surface area contributed by atoms with Gasteiger partial charge in [0.1, 0.15) is 10.7 Å².